The van der Waals surface area contributed by atoms with Crippen LogP contribution in [0.15, 0.2) is 60.8 Å². The second-order valence-corrected chi connectivity index (χ2v) is 7.06. The van der Waals surface area contributed by atoms with E-state index in [4.69, 9.17) is 4.74 Å². The average Bonchev–Trinajstić information content (AvgIpc) is 2.90. The van der Waals surface area contributed by atoms with Gasteiger partial charge in [0.05, 0.1) is 16.9 Å². The first-order valence-electron chi connectivity index (χ1n) is 9.41. The van der Waals surface area contributed by atoms with Gasteiger partial charge in [0.1, 0.15) is 18.5 Å². The molecule has 1 aliphatic heterocycles. The fourth-order valence-electron chi connectivity index (χ4n) is 3.56. The number of aliphatic hydroxyl groups is 1. The molecule has 3 heterocycles. The largest absolute Gasteiger partial charge is 0.487 e. The number of nitrogens with zero attached hydrogens (tertiary/aromatic N) is 2. The lowest BCUT2D eigenvalue weighted by Gasteiger charge is -2.13. The van der Waals surface area contributed by atoms with E-state index in [0.717, 1.165) is 23.3 Å². The number of benzene rings is 2. The van der Waals surface area contributed by atoms with Crippen molar-refractivity contribution in [2.75, 3.05) is 0 Å². The molecule has 0 fully saturated rings. The van der Waals surface area contributed by atoms with Gasteiger partial charge in [0, 0.05) is 28.8 Å². The molecule has 4 nitrogen and oxygen atoms in total. The van der Waals surface area contributed by atoms with Crippen molar-refractivity contribution in [1.82, 2.24) is 9.97 Å². The summed E-state index contributed by atoms with van der Waals surface area (Å²) in [5.41, 5.74) is 3.93. The van der Waals surface area contributed by atoms with E-state index >= 15 is 0 Å². The molecule has 4 aromatic rings. The van der Waals surface area contributed by atoms with Crippen molar-refractivity contribution in [3.05, 3.63) is 101 Å². The van der Waals surface area contributed by atoms with Crippen molar-refractivity contribution >= 4 is 23.1 Å². The first-order chi connectivity index (χ1) is 14.6. The molecule has 2 aromatic heterocycles. The molecule has 5 rings (SSSR count). The number of halogens is 2. The third-order valence-electron chi connectivity index (χ3n) is 5.11. The molecule has 30 heavy (non-hydrogen) atoms. The fourth-order valence-corrected chi connectivity index (χ4v) is 3.56. The van der Waals surface area contributed by atoms with Crippen LogP contribution in [0.1, 0.15) is 34.2 Å². The molecule has 1 atom stereocenters. The van der Waals surface area contributed by atoms with Crippen LogP contribution in [0.4, 0.5) is 8.78 Å². The number of aromatic nitrogens is 2. The van der Waals surface area contributed by atoms with Gasteiger partial charge >= 0.3 is 0 Å². The third-order valence-corrected chi connectivity index (χ3v) is 5.11. The van der Waals surface area contributed by atoms with Crippen molar-refractivity contribution in [3.8, 4) is 5.75 Å². The maximum absolute atomic E-state index is 13.5. The van der Waals surface area contributed by atoms with E-state index in [1.54, 1.807) is 30.5 Å². The van der Waals surface area contributed by atoms with Crippen molar-refractivity contribution in [1.29, 1.82) is 0 Å². The minimum atomic E-state index is -0.925. The minimum absolute atomic E-state index is 0.299. The van der Waals surface area contributed by atoms with E-state index in [0.29, 0.717) is 40.2 Å². The lowest BCUT2D eigenvalue weighted by atomic mass is 9.98. The molecule has 148 valence electrons. The van der Waals surface area contributed by atoms with Gasteiger partial charge in [-0.15, -0.1) is 0 Å². The third kappa shape index (κ3) is 3.31. The van der Waals surface area contributed by atoms with E-state index in [1.165, 1.54) is 0 Å². The molecule has 0 saturated carbocycles. The number of hydrogen-bond acceptors (Lipinski definition) is 4. The molecule has 0 radical (unpaired) electrons. The van der Waals surface area contributed by atoms with Gasteiger partial charge < -0.3 is 9.84 Å². The van der Waals surface area contributed by atoms with E-state index in [1.807, 2.05) is 30.3 Å². The summed E-state index contributed by atoms with van der Waals surface area (Å²) >= 11 is 0. The normalized spacial score (nSPS) is 15.5. The van der Waals surface area contributed by atoms with Crippen LogP contribution in [0.3, 0.4) is 0 Å². The molecular weight excluding hydrogens is 386 g/mol. The number of pyridine rings is 2. The van der Waals surface area contributed by atoms with Gasteiger partial charge in [0.2, 0.25) is 0 Å². The highest BCUT2D eigenvalue weighted by Gasteiger charge is 2.23. The van der Waals surface area contributed by atoms with Crippen molar-refractivity contribution in [2.24, 2.45) is 0 Å². The molecular formula is C24H16F2N2O2. The van der Waals surface area contributed by atoms with Crippen LogP contribution in [0.2, 0.25) is 0 Å². The number of aliphatic hydroxyl groups excluding tert-OH is 1. The van der Waals surface area contributed by atoms with Gasteiger partial charge in [0.15, 0.2) is 11.6 Å². The van der Waals surface area contributed by atoms with Gasteiger partial charge in [0.25, 0.3) is 0 Å². The molecule has 0 saturated heterocycles. The van der Waals surface area contributed by atoms with E-state index in [2.05, 4.69) is 9.97 Å². The van der Waals surface area contributed by atoms with E-state index in [-0.39, 0.29) is 0 Å². The molecule has 1 aliphatic rings. The molecule has 0 aliphatic carbocycles. The summed E-state index contributed by atoms with van der Waals surface area (Å²) in [5, 5.41) is 11.4. The van der Waals surface area contributed by atoms with Gasteiger partial charge in [-0.1, -0.05) is 24.3 Å². The maximum atomic E-state index is 13.5. The van der Waals surface area contributed by atoms with Gasteiger partial charge in [-0.05, 0) is 42.0 Å². The Kier molecular flexibility index (Phi) is 4.48. The second-order valence-electron chi connectivity index (χ2n) is 7.06. The van der Waals surface area contributed by atoms with Crippen LogP contribution >= 0.6 is 0 Å². The summed E-state index contributed by atoms with van der Waals surface area (Å²) in [6.45, 7) is 0.299. The minimum Gasteiger partial charge on any atom is -0.487 e. The van der Waals surface area contributed by atoms with Crippen LogP contribution in [-0.4, -0.2) is 15.1 Å². The quantitative estimate of drug-likeness (QED) is 0.510. The maximum Gasteiger partial charge on any atom is 0.161 e. The Morgan fingerprint density at radius 1 is 0.967 bits per heavy atom. The Bertz CT molecular complexity index is 1300. The molecule has 0 bridgehead atoms. The number of ether oxygens (including phenoxy) is 1. The molecule has 1 N–H and O–H groups in total. The molecule has 0 amide bonds. The Balaban J connectivity index is 1.47. The zero-order chi connectivity index (χ0) is 20.7. The predicted octanol–water partition coefficient (Wildman–Crippen LogP) is 5.05. The number of fused-ring (bicyclic) bond motifs is 3. The Morgan fingerprint density at radius 3 is 2.73 bits per heavy atom. The molecule has 2 aromatic carbocycles. The van der Waals surface area contributed by atoms with Crippen LogP contribution in [0.5, 0.6) is 5.75 Å². The highest BCUT2D eigenvalue weighted by atomic mass is 19.2. The topological polar surface area (TPSA) is 55.2 Å². The highest BCUT2D eigenvalue weighted by molar-refractivity contribution is 5.81. The Morgan fingerprint density at radius 2 is 1.83 bits per heavy atom. The average molecular weight is 402 g/mol. The Hall–Kier alpha value is -3.64. The summed E-state index contributed by atoms with van der Waals surface area (Å²) in [6.07, 6.45) is 4.46. The summed E-state index contributed by atoms with van der Waals surface area (Å²) in [4.78, 5) is 8.65. The highest BCUT2D eigenvalue weighted by Crippen LogP contribution is 2.35. The zero-order valence-corrected chi connectivity index (χ0v) is 15.7. The summed E-state index contributed by atoms with van der Waals surface area (Å²) in [5.74, 6) is -1.21. The van der Waals surface area contributed by atoms with Gasteiger partial charge in [-0.3, -0.25) is 4.98 Å². The summed E-state index contributed by atoms with van der Waals surface area (Å²) in [6, 6.07) is 14.8. The predicted molar refractivity (Wildman–Crippen MR) is 110 cm³/mol. The van der Waals surface area contributed by atoms with Crippen LogP contribution in [0.25, 0.3) is 23.1 Å². The first-order valence-corrected chi connectivity index (χ1v) is 9.41. The van der Waals surface area contributed by atoms with Gasteiger partial charge in [-0.25, -0.2) is 13.8 Å². The first kappa shape index (κ1) is 18.4. The second kappa shape index (κ2) is 7.31. The van der Waals surface area contributed by atoms with E-state index in [9.17, 15) is 13.9 Å². The molecule has 1 unspecified atom stereocenters. The van der Waals surface area contributed by atoms with Crippen LogP contribution < -0.4 is 4.74 Å². The molecule has 0 spiro atoms. The van der Waals surface area contributed by atoms with Crippen molar-refractivity contribution < 1.29 is 18.6 Å². The summed E-state index contributed by atoms with van der Waals surface area (Å²) in [7, 11) is 0. The zero-order valence-electron chi connectivity index (χ0n) is 15.7. The van der Waals surface area contributed by atoms with E-state index < -0.39 is 17.7 Å². The van der Waals surface area contributed by atoms with Crippen molar-refractivity contribution in [2.45, 2.75) is 12.7 Å². The summed E-state index contributed by atoms with van der Waals surface area (Å²) < 4.78 is 32.7. The fraction of sp³-hybridized carbons (Fsp3) is 0.0833. The Labute approximate surface area is 171 Å². The van der Waals surface area contributed by atoms with Crippen LogP contribution in [0, 0.1) is 11.6 Å². The van der Waals surface area contributed by atoms with Gasteiger partial charge in [-0.2, -0.15) is 0 Å². The SMILES string of the molecule is OC1c2cc(/C=C/c3ccc4cc(F)c(F)cc4n3)ccc2OCc2ncccc21. The standard InChI is InChI=1S/C24H16F2N2O2/c25-19-11-15-5-7-16(28-21(15)12-20(19)26)6-3-14-4-8-23-18(10-14)24(29)17-2-1-9-27-22(17)13-30-23/h1-12,24,29H,13H2/b6-3+. The smallest absolute Gasteiger partial charge is 0.161 e. The number of rotatable bonds is 2. The lowest BCUT2D eigenvalue weighted by molar-refractivity contribution is 0.218. The molecule has 6 heteroatoms. The monoisotopic (exact) mass is 402 g/mol. The van der Waals surface area contributed by atoms with Crippen LogP contribution in [-0.2, 0) is 6.61 Å². The lowest BCUT2D eigenvalue weighted by Crippen LogP contribution is -2.02. The van der Waals surface area contributed by atoms with Crippen molar-refractivity contribution in [3.63, 3.8) is 0 Å². The number of hydrogen-bond donors (Lipinski definition) is 1.